The third-order valence-electron chi connectivity index (χ3n) is 5.63. The summed E-state index contributed by atoms with van der Waals surface area (Å²) in [7, 11) is -2.19. The van der Waals surface area contributed by atoms with Gasteiger partial charge in [-0.05, 0) is 41.7 Å². The predicted octanol–water partition coefficient (Wildman–Crippen LogP) is 2.91. The van der Waals surface area contributed by atoms with E-state index in [0.29, 0.717) is 37.4 Å². The number of pyridine rings is 1. The maximum atomic E-state index is 15.1. The van der Waals surface area contributed by atoms with Crippen LogP contribution in [0.2, 0.25) is 0 Å². The van der Waals surface area contributed by atoms with Gasteiger partial charge in [-0.1, -0.05) is 0 Å². The summed E-state index contributed by atoms with van der Waals surface area (Å²) >= 11 is 0. The van der Waals surface area contributed by atoms with Gasteiger partial charge in [0.15, 0.2) is 9.92 Å². The zero-order valence-corrected chi connectivity index (χ0v) is 18.5. The number of halogens is 1. The highest BCUT2D eigenvalue weighted by Crippen LogP contribution is 2.41. The zero-order chi connectivity index (χ0) is 23.2. The van der Waals surface area contributed by atoms with Crippen LogP contribution in [0.25, 0.3) is 11.1 Å². The Kier molecular flexibility index (Phi) is 5.25. The first-order valence-corrected chi connectivity index (χ1v) is 11.8. The van der Waals surface area contributed by atoms with Crippen molar-refractivity contribution in [1.29, 1.82) is 0 Å². The first kappa shape index (κ1) is 21.3. The normalized spacial score (nSPS) is 15.8. The Morgan fingerprint density at radius 2 is 2.24 bits per heavy atom. The number of ether oxygens (including phenoxy) is 2. The van der Waals surface area contributed by atoms with Gasteiger partial charge in [-0.15, -0.1) is 4.36 Å². The van der Waals surface area contributed by atoms with E-state index >= 15 is 4.39 Å². The number of carbonyl (C=O) groups is 1. The van der Waals surface area contributed by atoms with Gasteiger partial charge >= 0.3 is 6.03 Å². The molecule has 0 saturated heterocycles. The summed E-state index contributed by atoms with van der Waals surface area (Å²) in [6.45, 7) is 1.01. The highest BCUT2D eigenvalue weighted by molar-refractivity contribution is 7.91. The molecule has 2 amide bonds. The van der Waals surface area contributed by atoms with E-state index in [4.69, 9.17) is 14.6 Å². The van der Waals surface area contributed by atoms with Crippen molar-refractivity contribution >= 4 is 21.6 Å². The maximum Gasteiger partial charge on any atom is 0.354 e. The molecule has 33 heavy (non-hydrogen) atoms. The number of nitrogens with two attached hydrogens (primary N) is 1. The maximum absolute atomic E-state index is 15.1. The number of hydrogen-bond donors (Lipinski definition) is 2. The third-order valence-corrected chi connectivity index (χ3v) is 6.98. The van der Waals surface area contributed by atoms with Crippen molar-refractivity contribution in [2.24, 2.45) is 9.50 Å². The van der Waals surface area contributed by atoms with Crippen LogP contribution in [-0.2, 0) is 29.3 Å². The fourth-order valence-corrected chi connectivity index (χ4v) is 4.98. The minimum absolute atomic E-state index is 0.0451. The summed E-state index contributed by atoms with van der Waals surface area (Å²) in [5.74, 6) is 0.0295. The highest BCUT2D eigenvalue weighted by Gasteiger charge is 2.28. The number of nitrogens with zero attached hydrogens (tertiary/aromatic N) is 4. The average Bonchev–Trinajstić information content (AvgIpc) is 3.21. The molecule has 3 aromatic rings. The van der Waals surface area contributed by atoms with Crippen LogP contribution in [0.4, 0.5) is 14.9 Å². The molecule has 1 aromatic carbocycles. The van der Waals surface area contributed by atoms with E-state index < -0.39 is 21.8 Å². The lowest BCUT2D eigenvalue weighted by atomic mass is 9.83. The van der Waals surface area contributed by atoms with Gasteiger partial charge in [0.1, 0.15) is 10.7 Å². The lowest BCUT2D eigenvalue weighted by molar-refractivity contribution is 0.224. The van der Waals surface area contributed by atoms with E-state index in [1.165, 1.54) is 30.3 Å². The van der Waals surface area contributed by atoms with Crippen molar-refractivity contribution in [3.8, 4) is 22.9 Å². The van der Waals surface area contributed by atoms with Crippen molar-refractivity contribution in [1.82, 2.24) is 14.8 Å². The minimum atomic E-state index is -3.65. The van der Waals surface area contributed by atoms with Crippen LogP contribution < -0.4 is 19.9 Å². The smallest absolute Gasteiger partial charge is 0.354 e. The van der Waals surface area contributed by atoms with Gasteiger partial charge in [-0.3, -0.25) is 0 Å². The molecule has 2 aromatic heterocycles. The van der Waals surface area contributed by atoms with Crippen LogP contribution in [0, 0.1) is 5.82 Å². The Morgan fingerprint density at radius 1 is 1.39 bits per heavy atom. The Labute approximate surface area is 189 Å². The number of fused-ring (bicyclic) bond motifs is 2. The van der Waals surface area contributed by atoms with Gasteiger partial charge in [0.05, 0.1) is 25.6 Å². The lowest BCUT2D eigenvalue weighted by Gasteiger charge is -2.26. The quantitative estimate of drug-likeness (QED) is 0.600. The number of nitrogens with one attached hydrogen (secondary N) is 1. The fraction of sp³-hybridized carbons (Fsp3) is 0.286. The molecule has 5 rings (SSSR count). The van der Waals surface area contributed by atoms with E-state index in [1.807, 2.05) is 0 Å². The number of benzene rings is 1. The molecule has 0 unspecified atom stereocenters. The Hall–Kier alpha value is -3.51. The van der Waals surface area contributed by atoms with Gasteiger partial charge in [-0.25, -0.2) is 28.2 Å². The second-order valence-electron chi connectivity index (χ2n) is 7.66. The average molecular weight is 473 g/mol. The van der Waals surface area contributed by atoms with Gasteiger partial charge in [0, 0.05) is 30.8 Å². The van der Waals surface area contributed by atoms with Gasteiger partial charge < -0.3 is 14.8 Å². The lowest BCUT2D eigenvalue weighted by Crippen LogP contribution is -2.22. The number of aryl methyl sites for hydroxylation is 2. The second-order valence-corrected chi connectivity index (χ2v) is 9.42. The zero-order valence-electron chi connectivity index (χ0n) is 17.7. The molecule has 172 valence electrons. The topological polar surface area (TPSA) is 134 Å². The first-order chi connectivity index (χ1) is 15.9. The predicted molar refractivity (Wildman–Crippen MR) is 118 cm³/mol. The standard InChI is InChI=1S/C21H21FN6O4S/c1-31-17-10-13(5-6-24-17)18-15(22)9-12-3-4-14(12)19(18)26-21(29)27-33(23,30)16-11-25-28-7-2-8-32-20(16)28/h5-6,9-11H,2-4,7-8H2,1H3,(H3,23,26,27,29,30)/t33-/m0/s1. The fourth-order valence-electron chi connectivity index (χ4n) is 3.98. The number of rotatable bonds is 4. The van der Waals surface area contributed by atoms with Crippen LogP contribution in [0.3, 0.4) is 0 Å². The molecule has 1 aliphatic carbocycles. The molecule has 0 spiro atoms. The molecule has 0 bridgehead atoms. The summed E-state index contributed by atoms with van der Waals surface area (Å²) < 4.78 is 44.1. The van der Waals surface area contributed by atoms with E-state index in [0.717, 1.165) is 17.5 Å². The largest absolute Gasteiger partial charge is 0.481 e. The van der Waals surface area contributed by atoms with Crippen molar-refractivity contribution in [3.05, 3.63) is 47.5 Å². The molecule has 10 nitrogen and oxygen atoms in total. The van der Waals surface area contributed by atoms with E-state index in [2.05, 4.69) is 19.8 Å². The number of methoxy groups -OCH3 is 1. The van der Waals surface area contributed by atoms with Crippen molar-refractivity contribution in [2.75, 3.05) is 19.0 Å². The molecule has 0 radical (unpaired) electrons. The van der Waals surface area contributed by atoms with Crippen molar-refractivity contribution < 1.29 is 22.9 Å². The summed E-state index contributed by atoms with van der Waals surface area (Å²) in [6.07, 6.45) is 4.88. The molecular formula is C21H21FN6O4S. The molecular weight excluding hydrogens is 451 g/mol. The summed E-state index contributed by atoms with van der Waals surface area (Å²) in [4.78, 5) is 16.9. The van der Waals surface area contributed by atoms with Gasteiger partial charge in [0.2, 0.25) is 11.8 Å². The highest BCUT2D eigenvalue weighted by atomic mass is 32.2. The molecule has 0 fully saturated rings. The molecule has 0 saturated carbocycles. The number of anilines is 1. The summed E-state index contributed by atoms with van der Waals surface area (Å²) in [6, 6.07) is 3.68. The second kappa shape index (κ2) is 8.12. The molecule has 3 heterocycles. The van der Waals surface area contributed by atoms with Crippen LogP contribution in [-0.4, -0.2) is 38.7 Å². The SMILES string of the molecule is COc1cc(-c2c(F)cc3c(c2NC(=O)N=[S@](N)(=O)c2cnn4c2OCCC4)CC3)ccn1. The van der Waals surface area contributed by atoms with Crippen LogP contribution in [0.15, 0.2) is 39.9 Å². The molecule has 1 atom stereocenters. The van der Waals surface area contributed by atoms with Crippen LogP contribution in [0.1, 0.15) is 17.5 Å². The molecule has 2 aliphatic rings. The molecule has 1 aliphatic heterocycles. The third kappa shape index (κ3) is 3.80. The van der Waals surface area contributed by atoms with E-state index in [-0.39, 0.29) is 22.0 Å². The number of aromatic nitrogens is 3. The Morgan fingerprint density at radius 3 is 3.00 bits per heavy atom. The van der Waals surface area contributed by atoms with E-state index in [9.17, 15) is 9.00 Å². The summed E-state index contributed by atoms with van der Waals surface area (Å²) in [5, 5.41) is 12.6. The first-order valence-electron chi connectivity index (χ1n) is 10.3. The number of hydrogen-bond acceptors (Lipinski definition) is 6. The Balaban J connectivity index is 1.54. The van der Waals surface area contributed by atoms with Gasteiger partial charge in [-0.2, -0.15) is 5.10 Å². The minimum Gasteiger partial charge on any atom is -0.481 e. The Bertz CT molecular complexity index is 1400. The number of urea groups is 1. The number of amides is 2. The van der Waals surface area contributed by atoms with Crippen LogP contribution in [0.5, 0.6) is 11.8 Å². The van der Waals surface area contributed by atoms with Crippen LogP contribution >= 0.6 is 0 Å². The monoisotopic (exact) mass is 472 g/mol. The van der Waals surface area contributed by atoms with E-state index in [1.54, 1.807) is 12.1 Å². The summed E-state index contributed by atoms with van der Waals surface area (Å²) in [5.41, 5.74) is 2.49. The molecule has 3 N–H and O–H groups in total. The van der Waals surface area contributed by atoms with Crippen molar-refractivity contribution in [3.63, 3.8) is 0 Å². The number of carbonyl (C=O) groups excluding carboxylic acids is 1. The van der Waals surface area contributed by atoms with Crippen molar-refractivity contribution in [2.45, 2.75) is 30.7 Å². The van der Waals surface area contributed by atoms with Gasteiger partial charge in [0.25, 0.3) is 0 Å². The molecule has 12 heteroatoms.